The molecule has 1 nitrogen and oxygen atoms in total. The SMILES string of the molecule is C=N/C(C)=C(\C(=C)C)C(=C)/C=C\C. The van der Waals surface area contributed by atoms with E-state index in [1.807, 2.05) is 32.9 Å². The van der Waals surface area contributed by atoms with Gasteiger partial charge in [-0.1, -0.05) is 25.3 Å². The van der Waals surface area contributed by atoms with Crippen molar-refractivity contribution in [2.75, 3.05) is 0 Å². The number of nitrogens with zero attached hydrogens (tertiary/aromatic N) is 1. The van der Waals surface area contributed by atoms with Gasteiger partial charge in [-0.3, -0.25) is 4.99 Å². The molecule has 0 aromatic carbocycles. The highest BCUT2D eigenvalue weighted by molar-refractivity contribution is 5.52. The van der Waals surface area contributed by atoms with Crippen LogP contribution >= 0.6 is 0 Å². The predicted molar refractivity (Wildman–Crippen MR) is 61.0 cm³/mol. The minimum Gasteiger partial charge on any atom is -0.269 e. The fraction of sp³-hybridized carbons (Fsp3) is 0.250. The molecule has 0 saturated carbocycles. The van der Waals surface area contributed by atoms with Crippen LogP contribution in [-0.4, -0.2) is 6.72 Å². The number of aliphatic imine (C=N–C) groups is 1. The molecule has 0 radical (unpaired) electrons. The fourth-order valence-corrected chi connectivity index (χ4v) is 1.18. The van der Waals surface area contributed by atoms with Crippen LogP contribution in [0, 0.1) is 0 Å². The summed E-state index contributed by atoms with van der Waals surface area (Å²) in [5.41, 5.74) is 3.76. The zero-order chi connectivity index (χ0) is 10.4. The summed E-state index contributed by atoms with van der Waals surface area (Å²) in [6.07, 6.45) is 3.89. The van der Waals surface area contributed by atoms with Gasteiger partial charge in [-0.2, -0.15) is 0 Å². The zero-order valence-corrected chi connectivity index (χ0v) is 8.72. The van der Waals surface area contributed by atoms with Gasteiger partial charge in [-0.25, -0.2) is 0 Å². The van der Waals surface area contributed by atoms with Crippen LogP contribution in [0.1, 0.15) is 20.8 Å². The van der Waals surface area contributed by atoms with Crippen molar-refractivity contribution in [2.24, 2.45) is 4.99 Å². The topological polar surface area (TPSA) is 12.4 Å². The summed E-state index contributed by atoms with van der Waals surface area (Å²) in [5.74, 6) is 0. The smallest absolute Gasteiger partial charge is 0.0445 e. The maximum atomic E-state index is 3.94. The quantitative estimate of drug-likeness (QED) is 0.456. The van der Waals surface area contributed by atoms with Crippen molar-refractivity contribution in [3.05, 3.63) is 47.7 Å². The molecule has 0 spiro atoms. The van der Waals surface area contributed by atoms with E-state index in [-0.39, 0.29) is 0 Å². The van der Waals surface area contributed by atoms with E-state index in [2.05, 4.69) is 24.9 Å². The second-order valence-electron chi connectivity index (χ2n) is 2.92. The Balaban J connectivity index is 5.16. The first kappa shape index (κ1) is 11.6. The standard InChI is InChI=1S/C12H17N/c1-7-8-10(4)12(9(2)3)11(5)13-6/h7-8H,2,4,6H2,1,3,5H3/b8-7-,12-11+. The van der Waals surface area contributed by atoms with Crippen LogP contribution in [0.2, 0.25) is 0 Å². The Labute approximate surface area is 80.9 Å². The Morgan fingerprint density at radius 1 is 1.23 bits per heavy atom. The van der Waals surface area contributed by atoms with E-state index in [9.17, 15) is 0 Å². The number of hydrogen-bond acceptors (Lipinski definition) is 1. The molecule has 1 heteroatoms. The zero-order valence-electron chi connectivity index (χ0n) is 8.72. The predicted octanol–water partition coefficient (Wildman–Crippen LogP) is 3.67. The van der Waals surface area contributed by atoms with Crippen LogP contribution in [0.25, 0.3) is 0 Å². The molecule has 0 aliphatic rings. The molecule has 0 rings (SSSR count). The van der Waals surface area contributed by atoms with Gasteiger partial charge in [-0.05, 0) is 38.6 Å². The van der Waals surface area contributed by atoms with E-state index in [0.29, 0.717) is 0 Å². The number of hydrogen-bond donors (Lipinski definition) is 0. The van der Waals surface area contributed by atoms with Gasteiger partial charge in [0.25, 0.3) is 0 Å². The lowest BCUT2D eigenvalue weighted by Crippen LogP contribution is -1.90. The van der Waals surface area contributed by atoms with Gasteiger partial charge in [-0.15, -0.1) is 0 Å². The Bertz CT molecular complexity index is 290. The van der Waals surface area contributed by atoms with Crippen molar-refractivity contribution < 1.29 is 0 Å². The summed E-state index contributed by atoms with van der Waals surface area (Å²) in [4.78, 5) is 3.89. The molecule has 0 amide bonds. The first-order valence-corrected chi connectivity index (χ1v) is 4.20. The van der Waals surface area contributed by atoms with Crippen molar-refractivity contribution in [3.8, 4) is 0 Å². The summed E-state index contributed by atoms with van der Waals surface area (Å²) < 4.78 is 0. The van der Waals surface area contributed by atoms with Crippen LogP contribution in [-0.2, 0) is 0 Å². The minimum atomic E-state index is 0.871. The summed E-state index contributed by atoms with van der Waals surface area (Å²) in [6, 6.07) is 0. The maximum absolute atomic E-state index is 3.94. The summed E-state index contributed by atoms with van der Waals surface area (Å²) in [7, 11) is 0. The van der Waals surface area contributed by atoms with Crippen LogP contribution in [0.15, 0.2) is 52.7 Å². The monoisotopic (exact) mass is 175 g/mol. The summed E-state index contributed by atoms with van der Waals surface area (Å²) in [5, 5.41) is 0. The van der Waals surface area contributed by atoms with Gasteiger partial charge in [0.1, 0.15) is 0 Å². The van der Waals surface area contributed by atoms with E-state index in [0.717, 1.165) is 22.4 Å². The highest BCUT2D eigenvalue weighted by atomic mass is 14.7. The number of allylic oxidation sites excluding steroid dienone is 6. The molecule has 0 fully saturated rings. The average Bonchev–Trinajstić information content (AvgIpc) is 2.04. The second-order valence-corrected chi connectivity index (χ2v) is 2.92. The number of rotatable bonds is 4. The second kappa shape index (κ2) is 5.31. The van der Waals surface area contributed by atoms with E-state index in [1.165, 1.54) is 0 Å². The van der Waals surface area contributed by atoms with Gasteiger partial charge in [0, 0.05) is 11.3 Å². The lowest BCUT2D eigenvalue weighted by Gasteiger charge is -2.08. The van der Waals surface area contributed by atoms with Crippen molar-refractivity contribution in [3.63, 3.8) is 0 Å². The van der Waals surface area contributed by atoms with E-state index in [4.69, 9.17) is 0 Å². The molecule has 13 heavy (non-hydrogen) atoms. The van der Waals surface area contributed by atoms with Crippen molar-refractivity contribution in [1.82, 2.24) is 0 Å². The molecule has 0 atom stereocenters. The maximum Gasteiger partial charge on any atom is 0.0445 e. The third-order valence-corrected chi connectivity index (χ3v) is 1.71. The highest BCUT2D eigenvalue weighted by Crippen LogP contribution is 2.22. The average molecular weight is 175 g/mol. The van der Waals surface area contributed by atoms with Gasteiger partial charge in [0.2, 0.25) is 0 Å². The summed E-state index contributed by atoms with van der Waals surface area (Å²) >= 11 is 0. The van der Waals surface area contributed by atoms with Crippen LogP contribution in [0.4, 0.5) is 0 Å². The Morgan fingerprint density at radius 2 is 1.77 bits per heavy atom. The minimum absolute atomic E-state index is 0.871. The Kier molecular flexibility index (Phi) is 4.75. The molecule has 0 aliphatic heterocycles. The Morgan fingerprint density at radius 3 is 2.08 bits per heavy atom. The molecule has 0 aliphatic carbocycles. The molecule has 0 saturated heterocycles. The van der Waals surface area contributed by atoms with Crippen molar-refractivity contribution in [2.45, 2.75) is 20.8 Å². The van der Waals surface area contributed by atoms with Gasteiger partial charge >= 0.3 is 0 Å². The molecule has 0 aromatic rings. The molecule has 0 unspecified atom stereocenters. The lowest BCUT2D eigenvalue weighted by atomic mass is 9.99. The molecular formula is C12H17N. The highest BCUT2D eigenvalue weighted by Gasteiger charge is 2.04. The van der Waals surface area contributed by atoms with Crippen molar-refractivity contribution >= 4 is 6.72 Å². The van der Waals surface area contributed by atoms with Gasteiger partial charge in [0.15, 0.2) is 0 Å². The van der Waals surface area contributed by atoms with E-state index < -0.39 is 0 Å². The Hall–Kier alpha value is -1.37. The van der Waals surface area contributed by atoms with Gasteiger partial charge < -0.3 is 0 Å². The molecular weight excluding hydrogens is 158 g/mol. The molecule has 70 valence electrons. The first-order valence-electron chi connectivity index (χ1n) is 4.20. The van der Waals surface area contributed by atoms with Crippen molar-refractivity contribution in [1.29, 1.82) is 0 Å². The lowest BCUT2D eigenvalue weighted by molar-refractivity contribution is 1.23. The third kappa shape index (κ3) is 3.24. The van der Waals surface area contributed by atoms with E-state index >= 15 is 0 Å². The molecule has 0 bridgehead atoms. The van der Waals surface area contributed by atoms with Crippen LogP contribution in [0.5, 0.6) is 0 Å². The molecule has 0 heterocycles. The first-order chi connectivity index (χ1) is 6.04. The molecule has 0 N–H and O–H groups in total. The van der Waals surface area contributed by atoms with Crippen LogP contribution in [0.3, 0.4) is 0 Å². The van der Waals surface area contributed by atoms with Crippen LogP contribution < -0.4 is 0 Å². The fourth-order valence-electron chi connectivity index (χ4n) is 1.18. The molecule has 0 aromatic heterocycles. The largest absolute Gasteiger partial charge is 0.269 e. The summed E-state index contributed by atoms with van der Waals surface area (Å²) in [6.45, 7) is 17.1. The van der Waals surface area contributed by atoms with E-state index in [1.54, 1.807) is 0 Å². The van der Waals surface area contributed by atoms with Gasteiger partial charge in [0.05, 0.1) is 0 Å². The normalized spacial score (nSPS) is 12.5. The third-order valence-electron chi connectivity index (χ3n) is 1.71.